The molecule has 9 nitrogen and oxygen atoms in total. The summed E-state index contributed by atoms with van der Waals surface area (Å²) >= 11 is 11.6. The molecule has 39 heavy (non-hydrogen) atoms. The van der Waals surface area contributed by atoms with Crippen molar-refractivity contribution in [2.24, 2.45) is 0 Å². The largest absolute Gasteiger partial charge is 0.469 e. The second-order valence-electron chi connectivity index (χ2n) is 10.5. The molecule has 2 aromatic rings. The second-order valence-corrected chi connectivity index (χ2v) is 11.0. The van der Waals surface area contributed by atoms with Crippen molar-refractivity contribution < 1.29 is 33.7 Å². The molecule has 0 radical (unpaired) electrons. The molecule has 0 aromatic heterocycles. The summed E-state index contributed by atoms with van der Waals surface area (Å²) in [6.07, 6.45) is -0.971. The highest BCUT2D eigenvalue weighted by Crippen LogP contribution is 2.20. The van der Waals surface area contributed by atoms with Crippen LogP contribution in [0, 0.1) is 0 Å². The molecule has 0 saturated carbocycles. The summed E-state index contributed by atoms with van der Waals surface area (Å²) in [6.45, 7) is 10.6. The first kappa shape index (κ1) is 34.0. The highest BCUT2D eigenvalue weighted by molar-refractivity contribution is 6.17. The number of carbonyl (C=O) groups is 3. The van der Waals surface area contributed by atoms with Gasteiger partial charge in [-0.3, -0.25) is 15.4 Å². The van der Waals surface area contributed by atoms with Gasteiger partial charge in [-0.25, -0.2) is 9.59 Å². The number of ether oxygens (including phenoxy) is 3. The van der Waals surface area contributed by atoms with Crippen LogP contribution in [0.3, 0.4) is 0 Å². The van der Waals surface area contributed by atoms with Crippen molar-refractivity contribution in [1.29, 1.82) is 0 Å². The van der Waals surface area contributed by atoms with Crippen molar-refractivity contribution in [3.63, 3.8) is 0 Å². The molecular formula is C28H38Cl2N2O7. The maximum Gasteiger partial charge on any atom is 0.412 e. The number of hydrogen-bond donors (Lipinski definition) is 3. The lowest BCUT2D eigenvalue weighted by atomic mass is 10.1. The predicted octanol–water partition coefficient (Wildman–Crippen LogP) is 6.75. The Bertz CT molecular complexity index is 1100. The van der Waals surface area contributed by atoms with Gasteiger partial charge < -0.3 is 19.3 Å². The Kier molecular flexibility index (Phi) is 13.6. The van der Waals surface area contributed by atoms with Crippen LogP contribution in [-0.4, -0.2) is 41.6 Å². The molecule has 0 bridgehead atoms. The molecule has 2 rings (SSSR count). The molecule has 0 unspecified atom stereocenters. The summed E-state index contributed by atoms with van der Waals surface area (Å²) in [5, 5.41) is 14.4. The lowest BCUT2D eigenvalue weighted by Crippen LogP contribution is -2.27. The molecule has 11 heteroatoms. The predicted molar refractivity (Wildman–Crippen MR) is 153 cm³/mol. The third kappa shape index (κ3) is 14.6. The van der Waals surface area contributed by atoms with E-state index in [0.717, 1.165) is 11.1 Å². The van der Waals surface area contributed by atoms with Crippen molar-refractivity contribution in [3.8, 4) is 0 Å². The summed E-state index contributed by atoms with van der Waals surface area (Å²) < 4.78 is 15.0. The molecule has 2 amide bonds. The van der Waals surface area contributed by atoms with Gasteiger partial charge in [0.2, 0.25) is 0 Å². The van der Waals surface area contributed by atoms with E-state index in [1.807, 2.05) is 0 Å². The normalized spacial score (nSPS) is 11.0. The van der Waals surface area contributed by atoms with Gasteiger partial charge in [0, 0.05) is 23.1 Å². The van der Waals surface area contributed by atoms with Crippen molar-refractivity contribution in [2.75, 3.05) is 17.7 Å². The standard InChI is InChI=1S/C15H20ClNO4.C13H18ClNO3/c1-15(2,3)21-14(19)17-12-6-10(8-13(18)20-4)5-11(7-12)9-16;1-13(2,3)18-12(17)15-11-5-9(7-14)4-10(6-11)8-16/h5-7H,8-9H2,1-4H3,(H,17,19);4-6,16H,7-8H2,1-3H3,(H,15,17). The van der Waals surface area contributed by atoms with E-state index in [0.29, 0.717) is 28.4 Å². The topological polar surface area (TPSA) is 123 Å². The zero-order chi connectivity index (χ0) is 29.8. The minimum Gasteiger partial charge on any atom is -0.469 e. The van der Waals surface area contributed by atoms with Gasteiger partial charge in [0.15, 0.2) is 0 Å². The van der Waals surface area contributed by atoms with Crippen molar-refractivity contribution in [1.82, 2.24) is 0 Å². The molecular weight excluding hydrogens is 547 g/mol. The fourth-order valence-electron chi connectivity index (χ4n) is 3.10. The van der Waals surface area contributed by atoms with Gasteiger partial charge in [0.25, 0.3) is 0 Å². The van der Waals surface area contributed by atoms with Gasteiger partial charge >= 0.3 is 18.2 Å². The molecule has 0 aliphatic carbocycles. The van der Waals surface area contributed by atoms with Crippen molar-refractivity contribution in [2.45, 2.75) is 77.5 Å². The lowest BCUT2D eigenvalue weighted by molar-refractivity contribution is -0.139. The van der Waals surface area contributed by atoms with E-state index in [4.69, 9.17) is 37.8 Å². The van der Waals surface area contributed by atoms with Crippen LogP contribution >= 0.6 is 23.2 Å². The first-order valence-corrected chi connectivity index (χ1v) is 13.2. The molecule has 0 aliphatic heterocycles. The number of anilines is 2. The molecule has 0 saturated heterocycles. The van der Waals surface area contributed by atoms with Crippen LogP contribution in [-0.2, 0) is 43.8 Å². The van der Waals surface area contributed by atoms with Gasteiger partial charge in [0.05, 0.1) is 20.1 Å². The van der Waals surface area contributed by atoms with Crippen molar-refractivity contribution >= 4 is 52.7 Å². The van der Waals surface area contributed by atoms with Crippen LogP contribution in [0.25, 0.3) is 0 Å². The number of aliphatic hydroxyl groups excluding tert-OH is 1. The molecule has 216 valence electrons. The number of methoxy groups -OCH3 is 1. The van der Waals surface area contributed by atoms with E-state index in [9.17, 15) is 14.4 Å². The van der Waals surface area contributed by atoms with Gasteiger partial charge in [-0.2, -0.15) is 0 Å². The smallest absolute Gasteiger partial charge is 0.412 e. The molecule has 0 heterocycles. The number of hydrogen-bond acceptors (Lipinski definition) is 7. The molecule has 0 spiro atoms. The van der Waals surface area contributed by atoms with E-state index in [-0.39, 0.29) is 24.9 Å². The van der Waals surface area contributed by atoms with Crippen LogP contribution < -0.4 is 10.6 Å². The first-order valence-electron chi connectivity index (χ1n) is 12.1. The maximum absolute atomic E-state index is 11.8. The third-order valence-electron chi connectivity index (χ3n) is 4.46. The number of benzene rings is 2. The van der Waals surface area contributed by atoms with Crippen molar-refractivity contribution in [3.05, 3.63) is 58.7 Å². The summed E-state index contributed by atoms with van der Waals surface area (Å²) in [5.41, 5.74) is 2.99. The summed E-state index contributed by atoms with van der Waals surface area (Å²) in [5.74, 6) is 0.236. The number of aliphatic hydroxyl groups is 1. The average molecular weight is 586 g/mol. The van der Waals surface area contributed by atoms with Gasteiger partial charge in [0.1, 0.15) is 11.2 Å². The number of alkyl halides is 2. The van der Waals surface area contributed by atoms with E-state index in [1.54, 1.807) is 77.9 Å². The van der Waals surface area contributed by atoms with Crippen LogP contribution in [0.15, 0.2) is 36.4 Å². The van der Waals surface area contributed by atoms with Crippen LogP contribution in [0.5, 0.6) is 0 Å². The van der Waals surface area contributed by atoms with E-state index < -0.39 is 23.4 Å². The number of esters is 1. The Balaban J connectivity index is 0.000000395. The van der Waals surface area contributed by atoms with Crippen LogP contribution in [0.4, 0.5) is 21.0 Å². The van der Waals surface area contributed by atoms with Crippen LogP contribution in [0.1, 0.15) is 63.8 Å². The number of carbonyl (C=O) groups excluding carboxylic acids is 3. The SMILES string of the molecule is CC(C)(C)OC(=O)Nc1cc(CO)cc(CCl)c1.COC(=O)Cc1cc(CCl)cc(NC(=O)OC(C)(C)C)c1. The monoisotopic (exact) mass is 584 g/mol. The number of nitrogens with one attached hydrogen (secondary N) is 2. The van der Waals surface area contributed by atoms with E-state index >= 15 is 0 Å². The molecule has 0 aliphatic rings. The summed E-state index contributed by atoms with van der Waals surface area (Å²) in [7, 11) is 1.33. The van der Waals surface area contributed by atoms with Crippen LogP contribution in [0.2, 0.25) is 0 Å². The number of amides is 2. The highest BCUT2D eigenvalue weighted by atomic mass is 35.5. The third-order valence-corrected chi connectivity index (χ3v) is 5.08. The number of halogens is 2. The van der Waals surface area contributed by atoms with E-state index in [1.165, 1.54) is 7.11 Å². The minimum absolute atomic E-state index is 0.103. The average Bonchev–Trinajstić information content (AvgIpc) is 2.81. The highest BCUT2D eigenvalue weighted by Gasteiger charge is 2.18. The summed E-state index contributed by atoms with van der Waals surface area (Å²) in [4.78, 5) is 34.7. The molecule has 0 fully saturated rings. The summed E-state index contributed by atoms with van der Waals surface area (Å²) in [6, 6.07) is 10.4. The second kappa shape index (κ2) is 15.5. The molecule has 3 N–H and O–H groups in total. The van der Waals surface area contributed by atoms with Gasteiger partial charge in [-0.05, 0) is 88.1 Å². The van der Waals surface area contributed by atoms with Gasteiger partial charge in [-0.1, -0.05) is 12.1 Å². The maximum atomic E-state index is 11.8. The number of rotatable bonds is 7. The first-order chi connectivity index (χ1) is 18.1. The Morgan fingerprint density at radius 2 is 1.10 bits per heavy atom. The Labute approximate surface area is 240 Å². The molecule has 2 aromatic carbocycles. The fourth-order valence-corrected chi connectivity index (χ4v) is 3.41. The zero-order valence-electron chi connectivity index (χ0n) is 23.4. The van der Waals surface area contributed by atoms with Gasteiger partial charge in [-0.15, -0.1) is 23.2 Å². The quantitative estimate of drug-likeness (QED) is 0.187. The fraction of sp³-hybridized carbons (Fsp3) is 0.464. The van der Waals surface area contributed by atoms with E-state index in [2.05, 4.69) is 15.4 Å². The lowest BCUT2D eigenvalue weighted by Gasteiger charge is -2.20. The minimum atomic E-state index is -0.580. The molecule has 0 atom stereocenters. The Morgan fingerprint density at radius 1 is 0.718 bits per heavy atom. The zero-order valence-corrected chi connectivity index (χ0v) is 25.0. The Morgan fingerprint density at radius 3 is 1.46 bits per heavy atom. The Hall–Kier alpha value is -3.01.